The van der Waals surface area contributed by atoms with E-state index in [-0.39, 0.29) is 0 Å². The van der Waals surface area contributed by atoms with Crippen molar-refractivity contribution in [1.82, 2.24) is 4.90 Å². The van der Waals surface area contributed by atoms with Crippen molar-refractivity contribution < 1.29 is 15.1 Å². The van der Waals surface area contributed by atoms with Crippen LogP contribution in [0.15, 0.2) is 30.3 Å². The Bertz CT molecular complexity index is 226. The molecule has 14 heavy (non-hydrogen) atoms. The van der Waals surface area contributed by atoms with E-state index in [4.69, 9.17) is 15.1 Å². The summed E-state index contributed by atoms with van der Waals surface area (Å²) < 4.78 is 0. The molecule has 1 rings (SSSR count). The van der Waals surface area contributed by atoms with Gasteiger partial charge in [-0.2, -0.15) is 0 Å². The molecule has 78 valence electrons. The third kappa shape index (κ3) is 9.21. The molecule has 0 bridgehead atoms. The topological polar surface area (TPSA) is 63.9 Å². The second kappa shape index (κ2) is 7.52. The lowest BCUT2D eigenvalue weighted by Crippen LogP contribution is -2.10. The van der Waals surface area contributed by atoms with Crippen LogP contribution in [0.2, 0.25) is 0 Å². The predicted octanol–water partition coefficient (Wildman–Crippen LogP) is -0.304. The summed E-state index contributed by atoms with van der Waals surface area (Å²) in [5.41, 5.74) is 1.37. The predicted molar refractivity (Wildman–Crippen MR) is 56.2 cm³/mol. The number of rotatable bonds is 2. The van der Waals surface area contributed by atoms with Gasteiger partial charge >= 0.3 is 7.32 Å². The van der Waals surface area contributed by atoms with Crippen molar-refractivity contribution in [3.8, 4) is 0 Å². The number of hydrogen-bond donors (Lipinski definition) is 3. The molecule has 1 aromatic rings. The SMILES string of the molecule is CN(C)Cc1ccccc1.OB(O)O. The van der Waals surface area contributed by atoms with Gasteiger partial charge in [0.05, 0.1) is 0 Å². The van der Waals surface area contributed by atoms with Crippen LogP contribution in [0.4, 0.5) is 0 Å². The first-order valence-electron chi connectivity index (χ1n) is 4.25. The van der Waals surface area contributed by atoms with E-state index in [2.05, 4.69) is 43.3 Å². The van der Waals surface area contributed by atoms with Gasteiger partial charge in [-0.25, -0.2) is 0 Å². The third-order valence-corrected chi connectivity index (χ3v) is 1.34. The normalized spacial score (nSPS) is 9.29. The highest BCUT2D eigenvalue weighted by Crippen LogP contribution is 1.99. The second-order valence-corrected chi connectivity index (χ2v) is 3.07. The molecule has 1 aromatic carbocycles. The molecule has 0 unspecified atom stereocenters. The monoisotopic (exact) mass is 197 g/mol. The van der Waals surface area contributed by atoms with Gasteiger partial charge in [0.15, 0.2) is 0 Å². The minimum Gasteiger partial charge on any atom is -0.402 e. The van der Waals surface area contributed by atoms with E-state index in [1.807, 2.05) is 6.07 Å². The quantitative estimate of drug-likeness (QED) is 0.569. The molecule has 0 spiro atoms. The van der Waals surface area contributed by atoms with Gasteiger partial charge < -0.3 is 20.0 Å². The largest absolute Gasteiger partial charge is 0.631 e. The van der Waals surface area contributed by atoms with Crippen molar-refractivity contribution in [3.63, 3.8) is 0 Å². The zero-order chi connectivity index (χ0) is 11.0. The van der Waals surface area contributed by atoms with Crippen LogP contribution in [-0.4, -0.2) is 41.4 Å². The van der Waals surface area contributed by atoms with Crippen LogP contribution in [0.1, 0.15) is 5.56 Å². The lowest BCUT2D eigenvalue weighted by atomic mass is 10.2. The molecule has 0 aliphatic heterocycles. The fourth-order valence-electron chi connectivity index (χ4n) is 0.949. The Labute approximate surface area is 84.6 Å². The molecular formula is C9H16BNO3. The Morgan fingerprint density at radius 2 is 1.50 bits per heavy atom. The Morgan fingerprint density at radius 3 is 1.86 bits per heavy atom. The maximum absolute atomic E-state index is 7.17. The van der Waals surface area contributed by atoms with Gasteiger partial charge in [-0.1, -0.05) is 30.3 Å². The summed E-state index contributed by atoms with van der Waals surface area (Å²) in [6, 6.07) is 10.5. The van der Waals surface area contributed by atoms with Crippen LogP contribution in [-0.2, 0) is 6.54 Å². The fraction of sp³-hybridized carbons (Fsp3) is 0.333. The molecule has 0 heterocycles. The highest BCUT2D eigenvalue weighted by Gasteiger charge is 1.92. The van der Waals surface area contributed by atoms with Crippen LogP contribution in [0.5, 0.6) is 0 Å². The zero-order valence-electron chi connectivity index (χ0n) is 8.46. The van der Waals surface area contributed by atoms with E-state index in [9.17, 15) is 0 Å². The first kappa shape index (κ1) is 13.1. The molecule has 0 saturated heterocycles. The Balaban J connectivity index is 0.000000364. The van der Waals surface area contributed by atoms with E-state index in [1.165, 1.54) is 5.56 Å². The number of nitrogens with zero attached hydrogens (tertiary/aromatic N) is 1. The summed E-state index contributed by atoms with van der Waals surface area (Å²) in [4.78, 5) is 2.16. The van der Waals surface area contributed by atoms with Crippen molar-refractivity contribution in [2.24, 2.45) is 0 Å². The molecular weight excluding hydrogens is 181 g/mol. The van der Waals surface area contributed by atoms with E-state index in [0.29, 0.717) is 0 Å². The first-order chi connectivity index (χ1) is 6.52. The Kier molecular flexibility index (Phi) is 7.05. The minimum atomic E-state index is -2.17. The average molecular weight is 197 g/mol. The van der Waals surface area contributed by atoms with Crippen LogP contribution in [0.25, 0.3) is 0 Å². The molecule has 0 aliphatic rings. The summed E-state index contributed by atoms with van der Waals surface area (Å²) >= 11 is 0. The number of hydrogen-bond acceptors (Lipinski definition) is 4. The molecule has 0 aromatic heterocycles. The van der Waals surface area contributed by atoms with Crippen molar-refractivity contribution in [2.75, 3.05) is 14.1 Å². The summed E-state index contributed by atoms with van der Waals surface area (Å²) in [6.45, 7) is 1.03. The van der Waals surface area contributed by atoms with Gasteiger partial charge in [-0.05, 0) is 19.7 Å². The van der Waals surface area contributed by atoms with Crippen LogP contribution < -0.4 is 0 Å². The lowest BCUT2D eigenvalue weighted by molar-refractivity contribution is 0.278. The molecule has 3 N–H and O–H groups in total. The van der Waals surface area contributed by atoms with Gasteiger partial charge in [0, 0.05) is 6.54 Å². The first-order valence-corrected chi connectivity index (χ1v) is 4.25. The second-order valence-electron chi connectivity index (χ2n) is 3.07. The lowest BCUT2D eigenvalue weighted by Gasteiger charge is -2.08. The molecule has 0 fully saturated rings. The Morgan fingerprint density at radius 1 is 1.07 bits per heavy atom. The van der Waals surface area contributed by atoms with E-state index < -0.39 is 7.32 Å². The molecule has 0 atom stereocenters. The van der Waals surface area contributed by atoms with Crippen molar-refractivity contribution in [2.45, 2.75) is 6.54 Å². The van der Waals surface area contributed by atoms with Gasteiger partial charge in [0.2, 0.25) is 0 Å². The average Bonchev–Trinajstić information content (AvgIpc) is 2.03. The highest BCUT2D eigenvalue weighted by molar-refractivity contribution is 6.30. The number of benzene rings is 1. The van der Waals surface area contributed by atoms with E-state index in [1.54, 1.807) is 0 Å². The van der Waals surface area contributed by atoms with Crippen LogP contribution in [0.3, 0.4) is 0 Å². The standard InChI is InChI=1S/C9H13N.BH3O3/c1-10(2)8-9-6-4-3-5-7-9;2-1(3)4/h3-7H,8H2,1-2H3;2-4H. The van der Waals surface area contributed by atoms with Crippen LogP contribution in [0, 0.1) is 0 Å². The van der Waals surface area contributed by atoms with E-state index >= 15 is 0 Å². The third-order valence-electron chi connectivity index (χ3n) is 1.34. The summed E-state index contributed by atoms with van der Waals surface area (Å²) in [7, 11) is 1.99. The van der Waals surface area contributed by atoms with E-state index in [0.717, 1.165) is 6.54 Å². The maximum atomic E-state index is 7.17. The van der Waals surface area contributed by atoms with Gasteiger partial charge in [-0.3, -0.25) is 0 Å². The summed E-state index contributed by atoms with van der Waals surface area (Å²) in [6.07, 6.45) is 0. The summed E-state index contributed by atoms with van der Waals surface area (Å²) in [5, 5.41) is 21.5. The van der Waals surface area contributed by atoms with Crippen LogP contribution >= 0.6 is 0 Å². The van der Waals surface area contributed by atoms with Crippen molar-refractivity contribution >= 4 is 7.32 Å². The van der Waals surface area contributed by atoms with Gasteiger partial charge in [-0.15, -0.1) is 0 Å². The molecule has 5 heteroatoms. The maximum Gasteiger partial charge on any atom is 0.631 e. The molecule has 0 amide bonds. The van der Waals surface area contributed by atoms with Crippen molar-refractivity contribution in [1.29, 1.82) is 0 Å². The highest BCUT2D eigenvalue weighted by atomic mass is 16.5. The molecule has 0 saturated carbocycles. The van der Waals surface area contributed by atoms with Crippen molar-refractivity contribution in [3.05, 3.63) is 35.9 Å². The zero-order valence-corrected chi connectivity index (χ0v) is 8.46. The minimum absolute atomic E-state index is 1.03. The smallest absolute Gasteiger partial charge is 0.402 e. The molecule has 4 nitrogen and oxygen atoms in total. The molecule has 0 aliphatic carbocycles. The van der Waals surface area contributed by atoms with Gasteiger partial charge in [0.25, 0.3) is 0 Å². The molecule has 0 radical (unpaired) electrons. The van der Waals surface area contributed by atoms with Gasteiger partial charge in [0.1, 0.15) is 0 Å². The Hall–Kier alpha value is -0.875. The summed E-state index contributed by atoms with van der Waals surface area (Å²) in [5.74, 6) is 0. The fourth-order valence-corrected chi connectivity index (χ4v) is 0.949.